The Morgan fingerprint density at radius 3 is 1.30 bits per heavy atom. The van der Waals surface area contributed by atoms with Crippen molar-refractivity contribution in [1.82, 2.24) is 5.32 Å². The lowest BCUT2D eigenvalue weighted by atomic mass is 10.0. The number of rotatable bonds is 49. The lowest BCUT2D eigenvalue weighted by Gasteiger charge is -2.22. The zero-order valence-electron chi connectivity index (χ0n) is 40.2. The fraction of sp³-hybridized carbons (Fsp3) is 0.889. The summed E-state index contributed by atoms with van der Waals surface area (Å²) >= 11 is 0. The summed E-state index contributed by atoms with van der Waals surface area (Å²) in [6.07, 6.45) is 58.6. The third-order valence-electron chi connectivity index (χ3n) is 12.3. The quantitative estimate of drug-likeness (QED) is 0.0322. The van der Waals surface area contributed by atoms with E-state index in [4.69, 9.17) is 4.74 Å². The van der Waals surface area contributed by atoms with Gasteiger partial charge in [0, 0.05) is 12.8 Å². The van der Waals surface area contributed by atoms with Gasteiger partial charge in [-0.15, -0.1) is 0 Å². The molecule has 0 aromatic heterocycles. The van der Waals surface area contributed by atoms with E-state index in [0.29, 0.717) is 25.9 Å². The molecule has 3 N–H and O–H groups in total. The Morgan fingerprint density at radius 2 is 0.833 bits per heavy atom. The van der Waals surface area contributed by atoms with Gasteiger partial charge in [0.25, 0.3) is 0 Å². The van der Waals surface area contributed by atoms with E-state index in [2.05, 4.69) is 43.5 Å². The first kappa shape index (κ1) is 58.3. The van der Waals surface area contributed by atoms with Gasteiger partial charge in [0.05, 0.1) is 25.4 Å². The minimum Gasteiger partial charge on any atom is -0.466 e. The number of amides is 1. The monoisotopic (exact) mass is 846 g/mol. The van der Waals surface area contributed by atoms with Gasteiger partial charge in [-0.1, -0.05) is 237 Å². The second-order valence-electron chi connectivity index (χ2n) is 18.2. The van der Waals surface area contributed by atoms with Gasteiger partial charge in [-0.2, -0.15) is 0 Å². The molecule has 0 aliphatic rings. The number of carbonyl (C=O) groups excluding carboxylic acids is 2. The summed E-state index contributed by atoms with van der Waals surface area (Å²) in [5.74, 6) is -0.0714. The number of hydrogen-bond donors (Lipinski definition) is 3. The largest absolute Gasteiger partial charge is 0.466 e. The van der Waals surface area contributed by atoms with Crippen molar-refractivity contribution < 1.29 is 24.5 Å². The van der Waals surface area contributed by atoms with Gasteiger partial charge in [-0.3, -0.25) is 9.59 Å². The van der Waals surface area contributed by atoms with Gasteiger partial charge in [-0.25, -0.2) is 0 Å². The number of esters is 1. The summed E-state index contributed by atoms with van der Waals surface area (Å²) in [7, 11) is 0. The first-order valence-electron chi connectivity index (χ1n) is 26.6. The van der Waals surface area contributed by atoms with Crippen LogP contribution in [0.3, 0.4) is 0 Å². The molecule has 0 aliphatic heterocycles. The number of carbonyl (C=O) groups is 2. The molecule has 0 bridgehead atoms. The Morgan fingerprint density at radius 1 is 0.467 bits per heavy atom. The van der Waals surface area contributed by atoms with Gasteiger partial charge in [0.2, 0.25) is 5.91 Å². The smallest absolute Gasteiger partial charge is 0.305 e. The first-order valence-corrected chi connectivity index (χ1v) is 26.6. The van der Waals surface area contributed by atoms with Crippen LogP contribution in [0.15, 0.2) is 24.3 Å². The molecule has 0 aliphatic carbocycles. The molecule has 1 amide bonds. The Bertz CT molecular complexity index is 935. The van der Waals surface area contributed by atoms with Crippen LogP contribution in [0.25, 0.3) is 0 Å². The summed E-state index contributed by atoms with van der Waals surface area (Å²) in [4.78, 5) is 24.5. The van der Waals surface area contributed by atoms with Crippen molar-refractivity contribution in [3.8, 4) is 0 Å². The molecule has 0 saturated heterocycles. The molecule has 60 heavy (non-hydrogen) atoms. The van der Waals surface area contributed by atoms with Crippen LogP contribution < -0.4 is 5.32 Å². The maximum absolute atomic E-state index is 12.4. The molecule has 0 heterocycles. The van der Waals surface area contributed by atoms with Crippen molar-refractivity contribution in [2.45, 2.75) is 296 Å². The summed E-state index contributed by atoms with van der Waals surface area (Å²) in [5.41, 5.74) is 0. The zero-order valence-corrected chi connectivity index (χ0v) is 40.2. The van der Waals surface area contributed by atoms with Crippen LogP contribution in [0.2, 0.25) is 0 Å². The van der Waals surface area contributed by atoms with Gasteiger partial charge < -0.3 is 20.3 Å². The lowest BCUT2D eigenvalue weighted by Crippen LogP contribution is -2.45. The Labute approximate surface area is 373 Å². The summed E-state index contributed by atoms with van der Waals surface area (Å²) in [6.45, 7) is 4.89. The van der Waals surface area contributed by atoms with Crippen molar-refractivity contribution >= 4 is 11.9 Å². The Kier molecular flexibility index (Phi) is 48.6. The highest BCUT2D eigenvalue weighted by Gasteiger charge is 2.20. The predicted octanol–water partition coefficient (Wildman–Crippen LogP) is 15.9. The molecule has 354 valence electrons. The zero-order chi connectivity index (χ0) is 43.7. The molecular formula is C54H103NO5. The predicted molar refractivity (Wildman–Crippen MR) is 260 cm³/mol. The number of unbranched alkanes of at least 4 members (excludes halogenated alkanes) is 34. The SMILES string of the molecule is CCCCC/C=C\C/C=C\CCCCCCCCCCCC(=O)OCCCCCCCCCCCCCC(=O)NC(CO)C(O)CCCCCCCCCCCCCCC. The molecule has 2 atom stereocenters. The third-order valence-corrected chi connectivity index (χ3v) is 12.3. The highest BCUT2D eigenvalue weighted by molar-refractivity contribution is 5.76. The molecule has 0 radical (unpaired) electrons. The van der Waals surface area contributed by atoms with Crippen LogP contribution in [0, 0.1) is 0 Å². The van der Waals surface area contributed by atoms with Gasteiger partial charge >= 0.3 is 5.97 Å². The van der Waals surface area contributed by atoms with E-state index in [1.807, 2.05) is 0 Å². The minimum atomic E-state index is -0.676. The van der Waals surface area contributed by atoms with E-state index < -0.39 is 12.1 Å². The van der Waals surface area contributed by atoms with Crippen LogP contribution in [0.1, 0.15) is 284 Å². The summed E-state index contributed by atoms with van der Waals surface area (Å²) in [6, 6.07) is -0.555. The van der Waals surface area contributed by atoms with Crippen molar-refractivity contribution in [3.05, 3.63) is 24.3 Å². The third kappa shape index (κ3) is 45.9. The van der Waals surface area contributed by atoms with Crippen LogP contribution >= 0.6 is 0 Å². The fourth-order valence-electron chi connectivity index (χ4n) is 8.14. The number of aliphatic hydroxyl groups is 2. The molecule has 0 aromatic carbocycles. The maximum atomic E-state index is 12.4. The fourth-order valence-corrected chi connectivity index (χ4v) is 8.14. The van der Waals surface area contributed by atoms with Crippen molar-refractivity contribution in [2.24, 2.45) is 0 Å². The second-order valence-corrected chi connectivity index (χ2v) is 18.2. The van der Waals surface area contributed by atoms with Crippen LogP contribution in [0.5, 0.6) is 0 Å². The Hall–Kier alpha value is -1.66. The van der Waals surface area contributed by atoms with Gasteiger partial charge in [0.15, 0.2) is 0 Å². The summed E-state index contributed by atoms with van der Waals surface area (Å²) in [5, 5.41) is 23.2. The Balaban J connectivity index is 3.45. The maximum Gasteiger partial charge on any atom is 0.305 e. The lowest BCUT2D eigenvalue weighted by molar-refractivity contribution is -0.143. The normalized spacial score (nSPS) is 12.8. The molecule has 6 heteroatoms. The highest BCUT2D eigenvalue weighted by atomic mass is 16.5. The van der Waals surface area contributed by atoms with E-state index in [0.717, 1.165) is 64.2 Å². The van der Waals surface area contributed by atoms with Crippen LogP contribution in [-0.4, -0.2) is 47.4 Å². The molecule has 0 spiro atoms. The van der Waals surface area contributed by atoms with E-state index in [1.54, 1.807) is 0 Å². The molecule has 0 saturated carbocycles. The number of ether oxygens (including phenoxy) is 1. The first-order chi connectivity index (χ1) is 29.5. The highest BCUT2D eigenvalue weighted by Crippen LogP contribution is 2.16. The minimum absolute atomic E-state index is 0.0174. The second kappa shape index (κ2) is 50.0. The molecule has 0 rings (SSSR count). The number of allylic oxidation sites excluding steroid dienone is 4. The average molecular weight is 846 g/mol. The van der Waals surface area contributed by atoms with Crippen LogP contribution in [-0.2, 0) is 14.3 Å². The van der Waals surface area contributed by atoms with Gasteiger partial charge in [0.1, 0.15) is 0 Å². The van der Waals surface area contributed by atoms with E-state index in [-0.39, 0.29) is 18.5 Å². The molecule has 6 nitrogen and oxygen atoms in total. The molecule has 0 fully saturated rings. The van der Waals surface area contributed by atoms with E-state index in [9.17, 15) is 19.8 Å². The van der Waals surface area contributed by atoms with E-state index >= 15 is 0 Å². The van der Waals surface area contributed by atoms with Crippen LogP contribution in [0.4, 0.5) is 0 Å². The number of nitrogens with one attached hydrogen (secondary N) is 1. The molecule has 2 unspecified atom stereocenters. The standard InChI is InChI=1S/C54H103NO5/c1-3-5-7-9-11-13-15-17-18-19-20-21-22-24-28-32-36-40-44-48-54(59)60-49-45-41-37-33-29-25-27-31-35-39-43-47-53(58)55-51(50-56)52(57)46-42-38-34-30-26-23-16-14-12-10-8-6-4-2/h11,13,17-18,51-52,56-57H,3-10,12,14-16,19-50H2,1-2H3,(H,55,58)/b13-11-,18-17-. The van der Waals surface area contributed by atoms with Crippen molar-refractivity contribution in [1.29, 1.82) is 0 Å². The average Bonchev–Trinajstić information content (AvgIpc) is 3.25. The van der Waals surface area contributed by atoms with Crippen molar-refractivity contribution in [2.75, 3.05) is 13.2 Å². The number of hydrogen-bond acceptors (Lipinski definition) is 5. The topological polar surface area (TPSA) is 95.9 Å². The van der Waals surface area contributed by atoms with Gasteiger partial charge in [-0.05, 0) is 57.8 Å². The number of aliphatic hydroxyl groups excluding tert-OH is 2. The van der Waals surface area contributed by atoms with E-state index in [1.165, 1.54) is 186 Å². The molecular weight excluding hydrogens is 743 g/mol. The summed E-state index contributed by atoms with van der Waals surface area (Å²) < 4.78 is 5.47. The molecule has 0 aromatic rings. The van der Waals surface area contributed by atoms with Crippen molar-refractivity contribution in [3.63, 3.8) is 0 Å².